The first-order chi connectivity index (χ1) is 8.52. The van der Waals surface area contributed by atoms with E-state index in [-0.39, 0.29) is 0 Å². The largest absolute Gasteiger partial charge is 0.311 e. The fourth-order valence-electron chi connectivity index (χ4n) is 2.68. The number of hydrogen-bond acceptors (Lipinski definition) is 2. The van der Waals surface area contributed by atoms with Gasteiger partial charge in [0.15, 0.2) is 0 Å². The summed E-state index contributed by atoms with van der Waals surface area (Å²) in [6.07, 6.45) is 6.20. The summed E-state index contributed by atoms with van der Waals surface area (Å²) >= 11 is 0. The van der Waals surface area contributed by atoms with Crippen molar-refractivity contribution >= 4 is 0 Å². The van der Waals surface area contributed by atoms with E-state index in [0.717, 1.165) is 18.5 Å². The third-order valence-corrected chi connectivity index (χ3v) is 4.04. The zero-order valence-electron chi connectivity index (χ0n) is 13.0. The van der Waals surface area contributed by atoms with Crippen LogP contribution in [0.3, 0.4) is 0 Å². The Morgan fingerprint density at radius 2 is 1.89 bits per heavy atom. The maximum Gasteiger partial charge on any atom is 0.0165 e. The first kappa shape index (κ1) is 15.7. The Labute approximate surface area is 114 Å². The summed E-state index contributed by atoms with van der Waals surface area (Å²) in [4.78, 5) is 2.57. The summed E-state index contributed by atoms with van der Waals surface area (Å²) in [5.41, 5.74) is 1.43. The lowest BCUT2D eigenvalue weighted by atomic mass is 9.97. The summed E-state index contributed by atoms with van der Waals surface area (Å²) < 4.78 is 0. The van der Waals surface area contributed by atoms with E-state index in [0.29, 0.717) is 6.04 Å². The van der Waals surface area contributed by atoms with Crippen LogP contribution in [-0.4, -0.2) is 36.6 Å². The van der Waals surface area contributed by atoms with Crippen molar-refractivity contribution in [2.75, 3.05) is 19.6 Å². The Hall–Kier alpha value is -0.340. The van der Waals surface area contributed by atoms with Gasteiger partial charge in [-0.3, -0.25) is 4.90 Å². The van der Waals surface area contributed by atoms with Crippen LogP contribution in [0.4, 0.5) is 0 Å². The van der Waals surface area contributed by atoms with Gasteiger partial charge in [0, 0.05) is 18.6 Å². The van der Waals surface area contributed by atoms with Crippen molar-refractivity contribution in [1.82, 2.24) is 10.2 Å². The fraction of sp³-hybridized carbons (Fsp3) is 0.875. The van der Waals surface area contributed by atoms with Crippen LogP contribution in [0, 0.1) is 5.92 Å². The molecule has 1 aliphatic rings. The molecular weight excluding hydrogens is 220 g/mol. The molecule has 0 amide bonds. The molecule has 0 saturated carbocycles. The minimum atomic E-state index is 0.694. The molecule has 0 bridgehead atoms. The lowest BCUT2D eigenvalue weighted by molar-refractivity contribution is 0.197. The summed E-state index contributed by atoms with van der Waals surface area (Å²) in [6, 6.07) is 1.43. The van der Waals surface area contributed by atoms with Gasteiger partial charge in [-0.25, -0.2) is 0 Å². The average molecular weight is 252 g/mol. The van der Waals surface area contributed by atoms with Crippen LogP contribution >= 0.6 is 0 Å². The molecule has 18 heavy (non-hydrogen) atoms. The smallest absolute Gasteiger partial charge is 0.0165 e. The molecule has 1 heterocycles. The van der Waals surface area contributed by atoms with E-state index in [1.165, 1.54) is 37.9 Å². The molecule has 0 aromatic heterocycles. The normalized spacial score (nSPS) is 20.1. The van der Waals surface area contributed by atoms with Gasteiger partial charge >= 0.3 is 0 Å². The van der Waals surface area contributed by atoms with Crippen LogP contribution in [0.25, 0.3) is 0 Å². The SMILES string of the molecule is CCC(NC1CCN(CC=C(C)C)CC1)C(C)C. The van der Waals surface area contributed by atoms with Crippen molar-refractivity contribution in [3.05, 3.63) is 11.6 Å². The van der Waals surface area contributed by atoms with Gasteiger partial charge in [0.2, 0.25) is 0 Å². The Balaban J connectivity index is 2.28. The second-order valence-corrected chi connectivity index (χ2v) is 6.28. The molecule has 2 heteroatoms. The molecule has 1 aliphatic heterocycles. The number of allylic oxidation sites excluding steroid dienone is 1. The maximum absolute atomic E-state index is 3.85. The first-order valence-corrected chi connectivity index (χ1v) is 7.64. The van der Waals surface area contributed by atoms with Crippen LogP contribution in [0.2, 0.25) is 0 Å². The molecule has 1 unspecified atom stereocenters. The third kappa shape index (κ3) is 5.53. The van der Waals surface area contributed by atoms with Crippen LogP contribution in [0.5, 0.6) is 0 Å². The highest BCUT2D eigenvalue weighted by atomic mass is 15.1. The van der Waals surface area contributed by atoms with Crippen molar-refractivity contribution in [2.45, 2.75) is 66.0 Å². The summed E-state index contributed by atoms with van der Waals surface area (Å²) in [5.74, 6) is 0.749. The van der Waals surface area contributed by atoms with Gasteiger partial charge in [0.25, 0.3) is 0 Å². The van der Waals surface area contributed by atoms with E-state index in [1.54, 1.807) is 0 Å². The van der Waals surface area contributed by atoms with E-state index < -0.39 is 0 Å². The number of rotatable bonds is 6. The van der Waals surface area contributed by atoms with Crippen LogP contribution in [0.1, 0.15) is 53.9 Å². The summed E-state index contributed by atoms with van der Waals surface area (Å²) in [7, 11) is 0. The Morgan fingerprint density at radius 3 is 2.33 bits per heavy atom. The monoisotopic (exact) mass is 252 g/mol. The van der Waals surface area contributed by atoms with Gasteiger partial charge in [-0.05, 0) is 52.1 Å². The van der Waals surface area contributed by atoms with Gasteiger partial charge in [0.05, 0.1) is 0 Å². The Morgan fingerprint density at radius 1 is 1.28 bits per heavy atom. The maximum atomic E-state index is 3.85. The molecule has 0 spiro atoms. The van der Waals surface area contributed by atoms with Gasteiger partial charge in [0.1, 0.15) is 0 Å². The number of likely N-dealkylation sites (tertiary alicyclic amines) is 1. The fourth-order valence-corrected chi connectivity index (χ4v) is 2.68. The van der Waals surface area contributed by atoms with Gasteiger partial charge < -0.3 is 5.32 Å². The molecule has 2 nitrogen and oxygen atoms in total. The number of nitrogens with one attached hydrogen (secondary N) is 1. The topological polar surface area (TPSA) is 15.3 Å². The molecule has 0 aliphatic carbocycles. The van der Waals surface area contributed by atoms with E-state index in [2.05, 4.69) is 50.9 Å². The standard InChI is InChI=1S/C16H32N2/c1-6-16(14(4)5)17-15-8-11-18(12-9-15)10-7-13(2)3/h7,14-17H,6,8-12H2,1-5H3. The molecular formula is C16H32N2. The highest BCUT2D eigenvalue weighted by Crippen LogP contribution is 2.14. The van der Waals surface area contributed by atoms with Crippen molar-refractivity contribution in [3.8, 4) is 0 Å². The van der Waals surface area contributed by atoms with Gasteiger partial charge in [-0.15, -0.1) is 0 Å². The molecule has 1 atom stereocenters. The van der Waals surface area contributed by atoms with E-state index in [9.17, 15) is 0 Å². The highest BCUT2D eigenvalue weighted by Gasteiger charge is 2.21. The predicted molar refractivity (Wildman–Crippen MR) is 80.9 cm³/mol. The first-order valence-electron chi connectivity index (χ1n) is 7.64. The predicted octanol–water partition coefficient (Wildman–Crippen LogP) is 3.44. The third-order valence-electron chi connectivity index (χ3n) is 4.04. The average Bonchev–Trinajstić information content (AvgIpc) is 2.34. The van der Waals surface area contributed by atoms with Crippen molar-refractivity contribution < 1.29 is 0 Å². The Bertz CT molecular complexity index is 246. The molecule has 0 aromatic rings. The van der Waals surface area contributed by atoms with E-state index in [4.69, 9.17) is 0 Å². The number of nitrogens with zero attached hydrogens (tertiary/aromatic N) is 1. The Kier molecular flexibility index (Phi) is 6.95. The number of hydrogen-bond donors (Lipinski definition) is 1. The zero-order chi connectivity index (χ0) is 13.5. The second kappa shape index (κ2) is 7.96. The van der Waals surface area contributed by atoms with E-state index >= 15 is 0 Å². The molecule has 1 N–H and O–H groups in total. The second-order valence-electron chi connectivity index (χ2n) is 6.28. The summed E-state index contributed by atoms with van der Waals surface area (Å²) in [5, 5.41) is 3.85. The van der Waals surface area contributed by atoms with Crippen LogP contribution in [0.15, 0.2) is 11.6 Å². The van der Waals surface area contributed by atoms with Crippen LogP contribution < -0.4 is 5.32 Å². The van der Waals surface area contributed by atoms with Crippen molar-refractivity contribution in [1.29, 1.82) is 0 Å². The number of piperidine rings is 1. The lowest BCUT2D eigenvalue weighted by Crippen LogP contribution is -2.47. The zero-order valence-corrected chi connectivity index (χ0v) is 13.0. The minimum Gasteiger partial charge on any atom is -0.311 e. The molecule has 106 valence electrons. The van der Waals surface area contributed by atoms with Gasteiger partial charge in [-0.1, -0.05) is 32.4 Å². The summed E-state index contributed by atoms with van der Waals surface area (Å²) in [6.45, 7) is 14.9. The molecule has 1 rings (SSSR count). The highest BCUT2D eigenvalue weighted by molar-refractivity contribution is 4.95. The van der Waals surface area contributed by atoms with Gasteiger partial charge in [-0.2, -0.15) is 0 Å². The van der Waals surface area contributed by atoms with Crippen LogP contribution in [-0.2, 0) is 0 Å². The quantitative estimate of drug-likeness (QED) is 0.729. The minimum absolute atomic E-state index is 0.694. The molecule has 0 radical (unpaired) electrons. The van der Waals surface area contributed by atoms with Crippen molar-refractivity contribution in [2.24, 2.45) is 5.92 Å². The molecule has 1 fully saturated rings. The lowest BCUT2D eigenvalue weighted by Gasteiger charge is -2.35. The molecule has 1 saturated heterocycles. The van der Waals surface area contributed by atoms with E-state index in [1.807, 2.05) is 0 Å². The molecule has 0 aromatic carbocycles. The van der Waals surface area contributed by atoms with Crippen molar-refractivity contribution in [3.63, 3.8) is 0 Å².